The van der Waals surface area contributed by atoms with Crippen LogP contribution in [0.4, 0.5) is 0 Å². The van der Waals surface area contributed by atoms with Gasteiger partial charge in [0.25, 0.3) is 0 Å². The van der Waals surface area contributed by atoms with Gasteiger partial charge in [-0.05, 0) is 32.2 Å². The van der Waals surface area contributed by atoms with E-state index in [0.29, 0.717) is 6.04 Å². The highest BCUT2D eigenvalue weighted by atomic mass is 15.0. The van der Waals surface area contributed by atoms with Crippen molar-refractivity contribution in [2.24, 2.45) is 5.92 Å². The van der Waals surface area contributed by atoms with Crippen LogP contribution in [-0.4, -0.2) is 19.1 Å². The maximum Gasteiger partial charge on any atom is 0.0385 e. The molecule has 2 heteroatoms. The smallest absolute Gasteiger partial charge is 0.0385 e. The van der Waals surface area contributed by atoms with E-state index in [1.807, 2.05) is 6.92 Å². The van der Waals surface area contributed by atoms with Crippen LogP contribution in [0.5, 0.6) is 0 Å². The first kappa shape index (κ1) is 10.6. The zero-order chi connectivity index (χ0) is 9.68. The van der Waals surface area contributed by atoms with Gasteiger partial charge in [0, 0.05) is 18.3 Å². The van der Waals surface area contributed by atoms with Gasteiger partial charge in [0.05, 0.1) is 0 Å². The normalized spacial score (nSPS) is 29.4. The number of rotatable bonds is 3. The average Bonchev–Trinajstić information content (AvgIpc) is 2.28. The Morgan fingerprint density at radius 3 is 3.00 bits per heavy atom. The van der Waals surface area contributed by atoms with Crippen molar-refractivity contribution in [3.63, 3.8) is 0 Å². The predicted molar refractivity (Wildman–Crippen MR) is 57.6 cm³/mol. The molecule has 1 aliphatic heterocycles. The summed E-state index contributed by atoms with van der Waals surface area (Å²) in [6.45, 7) is 10.5. The molecular formula is C11H22N2. The van der Waals surface area contributed by atoms with Gasteiger partial charge in [-0.2, -0.15) is 0 Å². The number of hydrogen-bond acceptors (Lipinski definition) is 2. The molecule has 0 aromatic rings. The minimum absolute atomic E-state index is 0.588. The Hall–Kier alpha value is -0.500. The molecule has 13 heavy (non-hydrogen) atoms. The molecule has 76 valence electrons. The first-order valence-electron chi connectivity index (χ1n) is 5.35. The predicted octanol–water partition coefficient (Wildman–Crippen LogP) is 1.89. The van der Waals surface area contributed by atoms with E-state index in [-0.39, 0.29) is 0 Å². The van der Waals surface area contributed by atoms with Crippen molar-refractivity contribution in [2.45, 2.75) is 39.2 Å². The molecular weight excluding hydrogens is 160 g/mol. The minimum atomic E-state index is 0.588. The molecule has 1 rings (SSSR count). The van der Waals surface area contributed by atoms with Crippen molar-refractivity contribution < 1.29 is 0 Å². The van der Waals surface area contributed by atoms with E-state index in [0.717, 1.165) is 18.2 Å². The molecule has 0 spiro atoms. The van der Waals surface area contributed by atoms with Crippen LogP contribution in [-0.2, 0) is 0 Å². The lowest BCUT2D eigenvalue weighted by molar-refractivity contribution is 0.407. The van der Waals surface area contributed by atoms with Gasteiger partial charge >= 0.3 is 0 Å². The Balaban J connectivity index is 2.39. The third kappa shape index (κ3) is 3.81. The molecule has 1 heterocycles. The zero-order valence-electron chi connectivity index (χ0n) is 8.90. The summed E-state index contributed by atoms with van der Waals surface area (Å²) in [4.78, 5) is 0. The lowest BCUT2D eigenvalue weighted by Crippen LogP contribution is -2.36. The molecule has 0 saturated carbocycles. The van der Waals surface area contributed by atoms with E-state index in [1.54, 1.807) is 0 Å². The molecule has 2 nitrogen and oxygen atoms in total. The fraction of sp³-hybridized carbons (Fsp3) is 0.818. The van der Waals surface area contributed by atoms with E-state index in [4.69, 9.17) is 0 Å². The summed E-state index contributed by atoms with van der Waals surface area (Å²) in [6, 6.07) is 0.588. The molecule has 1 fully saturated rings. The number of allylic oxidation sites excluding steroid dienone is 1. The Bertz CT molecular complexity index is 165. The van der Waals surface area contributed by atoms with Gasteiger partial charge in [0.1, 0.15) is 0 Å². The van der Waals surface area contributed by atoms with Gasteiger partial charge in [-0.15, -0.1) is 0 Å². The molecule has 0 aromatic carbocycles. The highest BCUT2D eigenvalue weighted by Crippen LogP contribution is 2.17. The first-order valence-corrected chi connectivity index (χ1v) is 5.35. The van der Waals surface area contributed by atoms with Crippen LogP contribution >= 0.6 is 0 Å². The third-order valence-corrected chi connectivity index (χ3v) is 2.77. The molecule has 0 aromatic heterocycles. The van der Waals surface area contributed by atoms with Gasteiger partial charge in [-0.1, -0.05) is 19.9 Å². The van der Waals surface area contributed by atoms with Gasteiger partial charge in [0.15, 0.2) is 0 Å². The van der Waals surface area contributed by atoms with Crippen LogP contribution in [0.3, 0.4) is 0 Å². The second kappa shape index (κ2) is 5.28. The molecule has 1 unspecified atom stereocenters. The highest BCUT2D eigenvalue weighted by Gasteiger charge is 2.17. The number of hydrogen-bond donors (Lipinski definition) is 2. The van der Waals surface area contributed by atoms with Crippen LogP contribution < -0.4 is 10.6 Å². The Morgan fingerprint density at radius 1 is 1.62 bits per heavy atom. The summed E-state index contributed by atoms with van der Waals surface area (Å²) >= 11 is 0. The van der Waals surface area contributed by atoms with Crippen molar-refractivity contribution in [2.75, 3.05) is 13.1 Å². The van der Waals surface area contributed by atoms with E-state index in [9.17, 15) is 0 Å². The summed E-state index contributed by atoms with van der Waals surface area (Å²) in [5.74, 6) is 0.881. The maximum atomic E-state index is 3.89. The molecule has 0 bridgehead atoms. The molecule has 0 amide bonds. The fourth-order valence-electron chi connectivity index (χ4n) is 2.02. The summed E-state index contributed by atoms with van der Waals surface area (Å²) in [5.41, 5.74) is 1.09. The summed E-state index contributed by atoms with van der Waals surface area (Å²) in [7, 11) is 0. The van der Waals surface area contributed by atoms with Crippen molar-refractivity contribution >= 4 is 0 Å². The molecule has 2 N–H and O–H groups in total. The fourth-order valence-corrected chi connectivity index (χ4v) is 2.02. The molecule has 0 radical (unpaired) electrons. The van der Waals surface area contributed by atoms with Crippen LogP contribution in [0, 0.1) is 5.92 Å². The van der Waals surface area contributed by atoms with Crippen molar-refractivity contribution in [1.82, 2.24) is 10.6 Å². The minimum Gasteiger partial charge on any atom is -0.385 e. The SMILES string of the molecule is C=C(C)NC1CNCC[C@@H](CC)C1. The second-order valence-electron chi connectivity index (χ2n) is 4.12. The standard InChI is InChI=1S/C11H22N2/c1-4-10-5-6-12-8-11(7-10)13-9(2)3/h10-13H,2,4-8H2,1,3H3/t10-,11?/m1/s1. The Labute approximate surface area is 81.8 Å². The monoisotopic (exact) mass is 182 g/mol. The molecule has 2 atom stereocenters. The van der Waals surface area contributed by atoms with Gasteiger partial charge < -0.3 is 10.6 Å². The van der Waals surface area contributed by atoms with Crippen LogP contribution in [0.15, 0.2) is 12.3 Å². The van der Waals surface area contributed by atoms with Gasteiger partial charge in [-0.25, -0.2) is 0 Å². The molecule has 1 saturated heterocycles. The summed E-state index contributed by atoms with van der Waals surface area (Å²) < 4.78 is 0. The quantitative estimate of drug-likeness (QED) is 0.696. The van der Waals surface area contributed by atoms with E-state index >= 15 is 0 Å². The van der Waals surface area contributed by atoms with Gasteiger partial charge in [0.2, 0.25) is 0 Å². The van der Waals surface area contributed by atoms with Crippen molar-refractivity contribution in [3.8, 4) is 0 Å². The van der Waals surface area contributed by atoms with Crippen LogP contribution in [0.25, 0.3) is 0 Å². The lowest BCUT2D eigenvalue weighted by atomic mass is 9.95. The molecule has 1 aliphatic rings. The van der Waals surface area contributed by atoms with Crippen LogP contribution in [0.1, 0.15) is 33.1 Å². The number of nitrogens with one attached hydrogen (secondary N) is 2. The van der Waals surface area contributed by atoms with Crippen LogP contribution in [0.2, 0.25) is 0 Å². The van der Waals surface area contributed by atoms with E-state index < -0.39 is 0 Å². The van der Waals surface area contributed by atoms with Gasteiger partial charge in [-0.3, -0.25) is 0 Å². The molecule has 0 aliphatic carbocycles. The summed E-state index contributed by atoms with van der Waals surface area (Å²) in [6.07, 6.45) is 3.91. The first-order chi connectivity index (χ1) is 6.22. The second-order valence-corrected chi connectivity index (χ2v) is 4.12. The van der Waals surface area contributed by atoms with Crippen molar-refractivity contribution in [1.29, 1.82) is 0 Å². The zero-order valence-corrected chi connectivity index (χ0v) is 8.90. The highest BCUT2D eigenvalue weighted by molar-refractivity contribution is 4.91. The van der Waals surface area contributed by atoms with E-state index in [1.165, 1.54) is 25.8 Å². The average molecular weight is 182 g/mol. The largest absolute Gasteiger partial charge is 0.385 e. The Kier molecular flexibility index (Phi) is 4.29. The van der Waals surface area contributed by atoms with Crippen molar-refractivity contribution in [3.05, 3.63) is 12.3 Å². The summed E-state index contributed by atoms with van der Waals surface area (Å²) in [5, 5.41) is 6.89. The topological polar surface area (TPSA) is 24.1 Å². The lowest BCUT2D eigenvalue weighted by Gasteiger charge is -2.20. The van der Waals surface area contributed by atoms with E-state index in [2.05, 4.69) is 24.1 Å². The maximum absolute atomic E-state index is 3.89. The Morgan fingerprint density at radius 2 is 2.38 bits per heavy atom. The third-order valence-electron chi connectivity index (χ3n) is 2.77.